The predicted molar refractivity (Wildman–Crippen MR) is 114 cm³/mol. The van der Waals surface area contributed by atoms with E-state index >= 15 is 0 Å². The third-order valence-electron chi connectivity index (χ3n) is 4.38. The molecular formula is C20H25N5OS. The second-order valence-electron chi connectivity index (χ2n) is 6.47. The molecule has 1 fully saturated rings. The van der Waals surface area contributed by atoms with Crippen LogP contribution in [0.5, 0.6) is 11.6 Å². The lowest BCUT2D eigenvalue weighted by Gasteiger charge is -2.34. The summed E-state index contributed by atoms with van der Waals surface area (Å²) in [6.45, 7) is 7.45. The molecule has 0 unspecified atom stereocenters. The quantitative estimate of drug-likeness (QED) is 0.575. The Hall–Kier alpha value is -2.67. The molecule has 2 heterocycles. The van der Waals surface area contributed by atoms with Crippen molar-refractivity contribution < 1.29 is 4.74 Å². The van der Waals surface area contributed by atoms with Crippen LogP contribution in [0, 0.1) is 0 Å². The van der Waals surface area contributed by atoms with Gasteiger partial charge in [-0.25, -0.2) is 0 Å². The molecule has 0 bridgehead atoms. The van der Waals surface area contributed by atoms with Crippen LogP contribution in [-0.4, -0.2) is 34.2 Å². The first kappa shape index (κ1) is 19.1. The van der Waals surface area contributed by atoms with Gasteiger partial charge in [0, 0.05) is 25.2 Å². The van der Waals surface area contributed by atoms with Crippen LogP contribution >= 0.6 is 12.2 Å². The zero-order valence-electron chi connectivity index (χ0n) is 15.5. The van der Waals surface area contributed by atoms with Gasteiger partial charge in [0.1, 0.15) is 11.6 Å². The molecule has 7 heteroatoms. The topological polar surface area (TPSA) is 62.3 Å². The first-order valence-electron chi connectivity index (χ1n) is 9.20. The first-order valence-corrected chi connectivity index (χ1v) is 9.61. The molecule has 1 saturated heterocycles. The van der Waals surface area contributed by atoms with Gasteiger partial charge in [-0.1, -0.05) is 24.3 Å². The number of aromatic nitrogens is 2. The molecule has 1 aliphatic rings. The number of anilines is 2. The van der Waals surface area contributed by atoms with Crippen LogP contribution in [0.2, 0.25) is 0 Å². The summed E-state index contributed by atoms with van der Waals surface area (Å²) in [6, 6.07) is 11.9. The maximum atomic E-state index is 5.95. The van der Waals surface area contributed by atoms with E-state index in [9.17, 15) is 0 Å². The minimum Gasteiger partial charge on any atom is -0.439 e. The average Bonchev–Trinajstić information content (AvgIpc) is 2.67. The fourth-order valence-corrected chi connectivity index (χ4v) is 3.20. The molecule has 0 spiro atoms. The summed E-state index contributed by atoms with van der Waals surface area (Å²) in [5.74, 6) is 2.47. The number of hydrogen-bond donors (Lipinski definition) is 2. The van der Waals surface area contributed by atoms with Crippen LogP contribution in [0.3, 0.4) is 0 Å². The van der Waals surface area contributed by atoms with E-state index in [1.54, 1.807) is 6.08 Å². The van der Waals surface area contributed by atoms with Gasteiger partial charge in [-0.3, -0.25) is 0 Å². The van der Waals surface area contributed by atoms with Gasteiger partial charge in [0.2, 0.25) is 11.8 Å². The smallest absolute Gasteiger partial charge is 0.234 e. The van der Waals surface area contributed by atoms with E-state index in [0.717, 1.165) is 31.0 Å². The van der Waals surface area contributed by atoms with Crippen LogP contribution in [0.25, 0.3) is 0 Å². The lowest BCUT2D eigenvalue weighted by atomic mass is 10.0. The molecule has 2 N–H and O–H groups in total. The summed E-state index contributed by atoms with van der Waals surface area (Å²) in [7, 11) is 0. The zero-order chi connectivity index (χ0) is 19.1. The maximum absolute atomic E-state index is 5.95. The number of thiocarbonyl (C=S) groups is 1. The Morgan fingerprint density at radius 1 is 1.33 bits per heavy atom. The van der Waals surface area contributed by atoms with Crippen molar-refractivity contribution in [1.82, 2.24) is 15.3 Å². The fraction of sp³-hybridized carbons (Fsp3) is 0.350. The number of nitrogens with one attached hydrogen (secondary N) is 2. The first-order chi connectivity index (χ1) is 13.2. The third-order valence-corrected chi connectivity index (χ3v) is 4.63. The Kier molecular flexibility index (Phi) is 6.59. The molecule has 27 heavy (non-hydrogen) atoms. The van der Waals surface area contributed by atoms with Crippen molar-refractivity contribution in [2.24, 2.45) is 0 Å². The summed E-state index contributed by atoms with van der Waals surface area (Å²) < 4.78 is 5.95. The minimum atomic E-state index is 0.415. The van der Waals surface area contributed by atoms with Gasteiger partial charge in [-0.15, -0.1) is 6.58 Å². The number of benzene rings is 1. The van der Waals surface area contributed by atoms with Gasteiger partial charge < -0.3 is 20.3 Å². The Morgan fingerprint density at radius 2 is 2.15 bits per heavy atom. The Labute approximate surface area is 165 Å². The molecule has 0 aliphatic carbocycles. The number of piperidine rings is 1. The molecule has 0 radical (unpaired) electrons. The van der Waals surface area contributed by atoms with Gasteiger partial charge in [0.25, 0.3) is 0 Å². The minimum absolute atomic E-state index is 0.415. The van der Waals surface area contributed by atoms with Crippen molar-refractivity contribution in [3.8, 4) is 11.6 Å². The maximum Gasteiger partial charge on any atom is 0.234 e. The van der Waals surface area contributed by atoms with Gasteiger partial charge in [-0.2, -0.15) is 9.97 Å². The molecule has 2 aromatic rings. The highest BCUT2D eigenvalue weighted by Crippen LogP contribution is 2.28. The highest BCUT2D eigenvalue weighted by Gasteiger charge is 2.21. The van der Waals surface area contributed by atoms with E-state index in [0.29, 0.717) is 29.5 Å². The average molecular weight is 384 g/mol. The predicted octanol–water partition coefficient (Wildman–Crippen LogP) is 4.12. The van der Waals surface area contributed by atoms with E-state index in [1.807, 2.05) is 36.4 Å². The van der Waals surface area contributed by atoms with Crippen molar-refractivity contribution in [3.63, 3.8) is 0 Å². The molecule has 3 rings (SSSR count). The van der Waals surface area contributed by atoms with E-state index in [1.165, 1.54) is 6.42 Å². The van der Waals surface area contributed by atoms with Crippen molar-refractivity contribution in [1.29, 1.82) is 0 Å². The number of ether oxygens (including phenoxy) is 1. The molecular weight excluding hydrogens is 358 g/mol. The molecule has 1 aromatic heterocycles. The van der Waals surface area contributed by atoms with Gasteiger partial charge in [0.15, 0.2) is 5.11 Å². The molecule has 142 valence electrons. The van der Waals surface area contributed by atoms with Crippen LogP contribution in [0.1, 0.15) is 26.2 Å². The number of nitrogens with zero attached hydrogens (tertiary/aromatic N) is 3. The summed E-state index contributed by atoms with van der Waals surface area (Å²) in [4.78, 5) is 11.4. The van der Waals surface area contributed by atoms with E-state index in [4.69, 9.17) is 17.0 Å². The van der Waals surface area contributed by atoms with E-state index < -0.39 is 0 Å². The van der Waals surface area contributed by atoms with Crippen molar-refractivity contribution in [2.75, 3.05) is 23.3 Å². The lowest BCUT2D eigenvalue weighted by molar-refractivity contribution is 0.457. The highest BCUT2D eigenvalue weighted by atomic mass is 32.1. The summed E-state index contributed by atoms with van der Waals surface area (Å²) in [5.41, 5.74) is 0. The Bertz CT molecular complexity index is 783. The van der Waals surface area contributed by atoms with Gasteiger partial charge in [0.05, 0.1) is 0 Å². The highest BCUT2D eigenvalue weighted by molar-refractivity contribution is 7.80. The molecule has 0 amide bonds. The van der Waals surface area contributed by atoms with Crippen LogP contribution < -0.4 is 20.3 Å². The van der Waals surface area contributed by atoms with Crippen LogP contribution in [-0.2, 0) is 0 Å². The standard InChI is InChI=1S/C20H25N5OS/c1-3-12-21-20(27)24-19-22-17(25-13-8-7-9-15(25)2)14-18(23-19)26-16-10-5-4-6-11-16/h3-6,10-11,14-15H,1,7-9,12-13H2,2H3,(H2,21,22,23,24,27)/t15-/m1/s1. The Balaban J connectivity index is 1.86. The number of hydrogen-bond acceptors (Lipinski definition) is 5. The second kappa shape index (κ2) is 9.32. The number of para-hydroxylation sites is 1. The van der Waals surface area contributed by atoms with Crippen molar-refractivity contribution >= 4 is 29.1 Å². The van der Waals surface area contributed by atoms with Gasteiger partial charge >= 0.3 is 0 Å². The molecule has 1 atom stereocenters. The molecule has 1 aromatic carbocycles. The van der Waals surface area contributed by atoms with Crippen molar-refractivity contribution in [2.45, 2.75) is 32.2 Å². The van der Waals surface area contributed by atoms with Crippen molar-refractivity contribution in [3.05, 3.63) is 49.1 Å². The molecule has 6 nitrogen and oxygen atoms in total. The lowest BCUT2D eigenvalue weighted by Crippen LogP contribution is -2.38. The normalized spacial score (nSPS) is 16.5. The summed E-state index contributed by atoms with van der Waals surface area (Å²) >= 11 is 5.29. The SMILES string of the molecule is C=CCNC(=S)Nc1nc(Oc2ccccc2)cc(N2CCCC[C@H]2C)n1. The number of rotatable bonds is 6. The largest absolute Gasteiger partial charge is 0.439 e. The van der Waals surface area contributed by atoms with Gasteiger partial charge in [-0.05, 0) is 50.5 Å². The summed E-state index contributed by atoms with van der Waals surface area (Å²) in [5, 5.41) is 6.52. The second-order valence-corrected chi connectivity index (χ2v) is 6.87. The summed E-state index contributed by atoms with van der Waals surface area (Å²) in [6.07, 6.45) is 5.30. The van der Waals surface area contributed by atoms with E-state index in [2.05, 4.69) is 39.0 Å². The molecule has 0 saturated carbocycles. The van der Waals surface area contributed by atoms with E-state index in [-0.39, 0.29) is 0 Å². The third kappa shape index (κ3) is 5.40. The Morgan fingerprint density at radius 3 is 2.89 bits per heavy atom. The zero-order valence-corrected chi connectivity index (χ0v) is 16.3. The fourth-order valence-electron chi connectivity index (χ4n) is 3.03. The van der Waals surface area contributed by atoms with Crippen LogP contribution in [0.4, 0.5) is 11.8 Å². The van der Waals surface area contributed by atoms with Crippen LogP contribution in [0.15, 0.2) is 49.1 Å². The monoisotopic (exact) mass is 383 g/mol. The molecule has 1 aliphatic heterocycles.